The van der Waals surface area contributed by atoms with Gasteiger partial charge in [0.25, 0.3) is 0 Å². The van der Waals surface area contributed by atoms with Gasteiger partial charge in [0, 0.05) is 42.6 Å². The third-order valence-corrected chi connectivity index (χ3v) is 2.35. The van der Waals surface area contributed by atoms with Crippen molar-refractivity contribution in [2.24, 2.45) is 0 Å². The maximum absolute atomic E-state index is 4.17. The molecule has 1 unspecified atom stereocenters. The largest absolute Gasteiger partial charge is 0.381 e. The molecule has 0 spiro atoms. The molecule has 0 saturated carbocycles. The first-order chi connectivity index (χ1) is 7.74. The summed E-state index contributed by atoms with van der Waals surface area (Å²) < 4.78 is 2.06. The van der Waals surface area contributed by atoms with Crippen molar-refractivity contribution in [3.05, 3.63) is 42.7 Å². The van der Waals surface area contributed by atoms with Crippen LogP contribution in [-0.2, 0) is 6.54 Å². The Morgan fingerprint density at radius 3 is 3.00 bits per heavy atom. The van der Waals surface area contributed by atoms with Gasteiger partial charge >= 0.3 is 0 Å². The molecule has 2 rings (SSSR count). The minimum Gasteiger partial charge on any atom is -0.381 e. The summed E-state index contributed by atoms with van der Waals surface area (Å²) in [6.07, 6.45) is 7.41. The zero-order valence-electron chi connectivity index (χ0n) is 9.59. The van der Waals surface area contributed by atoms with E-state index in [0.29, 0.717) is 6.04 Å². The molecule has 0 bridgehead atoms. The fourth-order valence-electron chi connectivity index (χ4n) is 1.68. The second-order valence-electron chi connectivity index (χ2n) is 3.99. The van der Waals surface area contributed by atoms with E-state index in [9.17, 15) is 0 Å². The number of aromatic nitrogens is 3. The highest BCUT2D eigenvalue weighted by atomic mass is 15.1. The predicted molar refractivity (Wildman–Crippen MR) is 64.3 cm³/mol. The Labute approximate surface area is 95.4 Å². The van der Waals surface area contributed by atoms with E-state index in [2.05, 4.69) is 26.8 Å². The molecule has 2 heterocycles. The molecule has 0 aliphatic heterocycles. The van der Waals surface area contributed by atoms with Crippen LogP contribution < -0.4 is 5.32 Å². The number of imidazole rings is 1. The number of hydrogen-bond acceptors (Lipinski definition) is 3. The van der Waals surface area contributed by atoms with Crippen LogP contribution in [0.3, 0.4) is 0 Å². The minimum absolute atomic E-state index is 0.357. The normalized spacial score (nSPS) is 12.4. The van der Waals surface area contributed by atoms with E-state index < -0.39 is 0 Å². The van der Waals surface area contributed by atoms with Gasteiger partial charge in [-0.1, -0.05) is 0 Å². The maximum atomic E-state index is 4.17. The molecule has 0 fully saturated rings. The zero-order chi connectivity index (χ0) is 11.4. The van der Waals surface area contributed by atoms with Crippen LogP contribution in [0.25, 0.3) is 0 Å². The van der Waals surface area contributed by atoms with E-state index in [1.807, 2.05) is 37.8 Å². The van der Waals surface area contributed by atoms with Gasteiger partial charge in [-0.3, -0.25) is 4.98 Å². The molecular weight excluding hydrogens is 200 g/mol. The van der Waals surface area contributed by atoms with Crippen molar-refractivity contribution >= 4 is 5.69 Å². The molecule has 0 radical (unpaired) electrons. The predicted octanol–water partition coefficient (Wildman–Crippen LogP) is 2.09. The Balaban J connectivity index is 1.94. The summed E-state index contributed by atoms with van der Waals surface area (Å²) in [5, 5.41) is 3.43. The van der Waals surface area contributed by atoms with Gasteiger partial charge in [0.05, 0.1) is 6.33 Å². The highest BCUT2D eigenvalue weighted by molar-refractivity contribution is 5.43. The molecule has 16 heavy (non-hydrogen) atoms. The smallest absolute Gasteiger partial charge is 0.0946 e. The van der Waals surface area contributed by atoms with Crippen molar-refractivity contribution in [1.82, 2.24) is 14.5 Å². The lowest BCUT2D eigenvalue weighted by molar-refractivity contribution is 0.619. The van der Waals surface area contributed by atoms with Crippen LogP contribution in [0.1, 0.15) is 12.6 Å². The molecule has 0 aliphatic carbocycles. The summed E-state index contributed by atoms with van der Waals surface area (Å²) in [5.74, 6) is 0. The van der Waals surface area contributed by atoms with Crippen molar-refractivity contribution < 1.29 is 0 Å². The first-order valence-corrected chi connectivity index (χ1v) is 5.39. The molecule has 0 aliphatic rings. The van der Waals surface area contributed by atoms with Gasteiger partial charge < -0.3 is 9.88 Å². The number of anilines is 1. The van der Waals surface area contributed by atoms with E-state index in [-0.39, 0.29) is 0 Å². The fraction of sp³-hybridized carbons (Fsp3) is 0.333. The van der Waals surface area contributed by atoms with Gasteiger partial charge in [-0.15, -0.1) is 0 Å². The summed E-state index contributed by atoms with van der Waals surface area (Å²) in [7, 11) is 0. The summed E-state index contributed by atoms with van der Waals surface area (Å²) in [5.41, 5.74) is 2.14. The molecule has 4 heteroatoms. The second kappa shape index (κ2) is 4.79. The molecule has 0 amide bonds. The number of rotatable bonds is 4. The summed E-state index contributed by atoms with van der Waals surface area (Å²) in [4.78, 5) is 8.19. The number of hydrogen-bond donors (Lipinski definition) is 1. The first kappa shape index (κ1) is 10.7. The van der Waals surface area contributed by atoms with Crippen LogP contribution in [0.15, 0.2) is 37.1 Å². The molecule has 0 aromatic carbocycles. The van der Waals surface area contributed by atoms with E-state index in [1.54, 1.807) is 6.20 Å². The van der Waals surface area contributed by atoms with Gasteiger partial charge in [-0.25, -0.2) is 4.98 Å². The van der Waals surface area contributed by atoms with E-state index >= 15 is 0 Å². The second-order valence-corrected chi connectivity index (χ2v) is 3.99. The number of pyridine rings is 1. The van der Waals surface area contributed by atoms with Gasteiger partial charge in [-0.2, -0.15) is 0 Å². The lowest BCUT2D eigenvalue weighted by Gasteiger charge is -2.15. The first-order valence-electron chi connectivity index (χ1n) is 5.39. The molecule has 84 valence electrons. The third-order valence-electron chi connectivity index (χ3n) is 2.35. The Morgan fingerprint density at radius 2 is 2.31 bits per heavy atom. The highest BCUT2D eigenvalue weighted by Crippen LogP contribution is 2.09. The molecule has 4 nitrogen and oxygen atoms in total. The lowest BCUT2D eigenvalue weighted by Crippen LogP contribution is -2.21. The van der Waals surface area contributed by atoms with Crippen molar-refractivity contribution in [3.8, 4) is 0 Å². The van der Waals surface area contributed by atoms with Gasteiger partial charge in [0.2, 0.25) is 0 Å². The number of aryl methyl sites for hydroxylation is 1. The van der Waals surface area contributed by atoms with E-state index in [4.69, 9.17) is 0 Å². The van der Waals surface area contributed by atoms with Crippen LogP contribution >= 0.6 is 0 Å². The molecule has 0 saturated heterocycles. The van der Waals surface area contributed by atoms with Crippen molar-refractivity contribution in [2.75, 3.05) is 5.32 Å². The number of nitrogens with one attached hydrogen (secondary N) is 1. The van der Waals surface area contributed by atoms with Gasteiger partial charge in [0.1, 0.15) is 0 Å². The minimum atomic E-state index is 0.357. The Hall–Kier alpha value is -1.84. The topological polar surface area (TPSA) is 42.7 Å². The molecule has 1 atom stereocenters. The molecule has 1 N–H and O–H groups in total. The van der Waals surface area contributed by atoms with Crippen LogP contribution in [-0.4, -0.2) is 20.6 Å². The number of nitrogens with zero attached hydrogens (tertiary/aromatic N) is 3. The van der Waals surface area contributed by atoms with Crippen molar-refractivity contribution in [1.29, 1.82) is 0 Å². The standard InChI is InChI=1S/C12H16N4/c1-10-7-12(3-4-14-10)15-11(2)8-16-6-5-13-9-16/h3-7,9,11H,8H2,1-2H3,(H,14,15). The van der Waals surface area contributed by atoms with Crippen LogP contribution in [0, 0.1) is 6.92 Å². The van der Waals surface area contributed by atoms with Crippen molar-refractivity contribution in [2.45, 2.75) is 26.4 Å². The van der Waals surface area contributed by atoms with Gasteiger partial charge in [0.15, 0.2) is 0 Å². The Morgan fingerprint density at radius 1 is 1.44 bits per heavy atom. The van der Waals surface area contributed by atoms with E-state index in [1.165, 1.54) is 0 Å². The SMILES string of the molecule is Cc1cc(NC(C)Cn2ccnc2)ccn1. The zero-order valence-corrected chi connectivity index (χ0v) is 9.59. The fourth-order valence-corrected chi connectivity index (χ4v) is 1.68. The van der Waals surface area contributed by atoms with Crippen LogP contribution in [0.4, 0.5) is 5.69 Å². The highest BCUT2D eigenvalue weighted by Gasteiger charge is 2.02. The van der Waals surface area contributed by atoms with E-state index in [0.717, 1.165) is 17.9 Å². The Kier molecular flexibility index (Phi) is 3.19. The average molecular weight is 216 g/mol. The summed E-state index contributed by atoms with van der Waals surface area (Å²) >= 11 is 0. The van der Waals surface area contributed by atoms with Crippen LogP contribution in [0.2, 0.25) is 0 Å². The summed E-state index contributed by atoms with van der Waals surface area (Å²) in [6.45, 7) is 5.04. The molecule has 2 aromatic rings. The van der Waals surface area contributed by atoms with Crippen molar-refractivity contribution in [3.63, 3.8) is 0 Å². The monoisotopic (exact) mass is 216 g/mol. The molecule has 2 aromatic heterocycles. The quantitative estimate of drug-likeness (QED) is 0.851. The lowest BCUT2D eigenvalue weighted by atomic mass is 10.2. The Bertz CT molecular complexity index is 436. The molecular formula is C12H16N4. The van der Waals surface area contributed by atoms with Crippen LogP contribution in [0.5, 0.6) is 0 Å². The van der Waals surface area contributed by atoms with Gasteiger partial charge in [-0.05, 0) is 26.0 Å². The maximum Gasteiger partial charge on any atom is 0.0946 e. The average Bonchev–Trinajstić information content (AvgIpc) is 2.70. The third kappa shape index (κ3) is 2.82. The summed E-state index contributed by atoms with van der Waals surface area (Å²) in [6, 6.07) is 4.39.